The number of aromatic nitrogens is 3. The Morgan fingerprint density at radius 3 is 2.84 bits per heavy atom. The van der Waals surface area contributed by atoms with Crippen molar-refractivity contribution in [3.63, 3.8) is 0 Å². The van der Waals surface area contributed by atoms with Crippen LogP contribution in [0.15, 0.2) is 42.6 Å². The number of hydrogen-bond acceptors (Lipinski definition) is 4. The van der Waals surface area contributed by atoms with Crippen molar-refractivity contribution in [3.8, 4) is 11.5 Å². The van der Waals surface area contributed by atoms with Gasteiger partial charge >= 0.3 is 0 Å². The molecule has 6 heteroatoms. The van der Waals surface area contributed by atoms with Crippen LogP contribution in [0.3, 0.4) is 0 Å². The number of pyridine rings is 1. The number of rotatable bonds is 2. The fourth-order valence-electron chi connectivity index (χ4n) is 1.92. The Kier molecular flexibility index (Phi) is 2.70. The second-order valence-electron chi connectivity index (χ2n) is 3.98. The summed E-state index contributed by atoms with van der Waals surface area (Å²) in [4.78, 5) is 23.4. The van der Waals surface area contributed by atoms with Gasteiger partial charge in [-0.3, -0.25) is 15.2 Å². The second-order valence-corrected chi connectivity index (χ2v) is 3.98. The maximum Gasteiger partial charge on any atom is 0.267 e. The number of carbonyl (C=O) groups is 1. The monoisotopic (exact) mass is 253 g/mol. The Hall–Kier alpha value is -2.73. The fraction of sp³-hybridized carbons (Fsp3) is 0. The molecule has 0 atom stereocenters. The second kappa shape index (κ2) is 4.51. The van der Waals surface area contributed by atoms with Crippen LogP contribution in [0.2, 0.25) is 0 Å². The van der Waals surface area contributed by atoms with Gasteiger partial charge in [-0.25, -0.2) is 10.8 Å². The van der Waals surface area contributed by atoms with Crippen LogP contribution in [0.4, 0.5) is 0 Å². The molecular formula is C13H11N5O. The van der Waals surface area contributed by atoms with Crippen molar-refractivity contribution in [2.75, 3.05) is 0 Å². The molecule has 0 bridgehead atoms. The number of carbonyl (C=O) groups excluding carboxylic acids is 1. The fourth-order valence-corrected chi connectivity index (χ4v) is 1.92. The molecule has 0 aliphatic rings. The summed E-state index contributed by atoms with van der Waals surface area (Å²) in [5.74, 6) is 5.41. The van der Waals surface area contributed by atoms with Gasteiger partial charge in [-0.05, 0) is 24.3 Å². The summed E-state index contributed by atoms with van der Waals surface area (Å²) in [6.07, 6.45) is 1.69. The Balaban J connectivity index is 2.19. The Bertz CT molecular complexity index is 735. The first-order chi connectivity index (χ1) is 9.29. The number of fused-ring (bicyclic) bond motifs is 1. The molecule has 19 heavy (non-hydrogen) atoms. The van der Waals surface area contributed by atoms with Gasteiger partial charge in [-0.2, -0.15) is 0 Å². The third kappa shape index (κ3) is 1.94. The molecule has 1 aromatic carbocycles. The Labute approximate surface area is 108 Å². The van der Waals surface area contributed by atoms with E-state index in [1.165, 1.54) is 0 Å². The number of nitrogens with one attached hydrogen (secondary N) is 2. The summed E-state index contributed by atoms with van der Waals surface area (Å²) in [5.41, 5.74) is 4.60. The summed E-state index contributed by atoms with van der Waals surface area (Å²) >= 11 is 0. The van der Waals surface area contributed by atoms with Crippen LogP contribution in [0.5, 0.6) is 0 Å². The van der Waals surface area contributed by atoms with Crippen LogP contribution in [0.25, 0.3) is 22.6 Å². The normalized spacial score (nSPS) is 10.6. The highest BCUT2D eigenvalue weighted by molar-refractivity contribution is 6.05. The molecule has 0 aliphatic carbocycles. The van der Waals surface area contributed by atoms with Gasteiger partial charge < -0.3 is 4.98 Å². The van der Waals surface area contributed by atoms with Crippen LogP contribution in [0, 0.1) is 0 Å². The number of nitrogens with zero attached hydrogens (tertiary/aromatic N) is 2. The molecular weight excluding hydrogens is 242 g/mol. The number of benzene rings is 1. The van der Waals surface area contributed by atoms with Gasteiger partial charge in [0.05, 0.1) is 11.1 Å². The molecule has 0 unspecified atom stereocenters. The molecule has 4 N–H and O–H groups in total. The molecule has 2 aromatic heterocycles. The Morgan fingerprint density at radius 2 is 2.11 bits per heavy atom. The van der Waals surface area contributed by atoms with Gasteiger partial charge in [0.25, 0.3) is 5.91 Å². The highest BCUT2D eigenvalue weighted by Crippen LogP contribution is 2.21. The standard InChI is InChI=1S/C13H11N5O/c14-18-13(19)8-4-3-6-9-11(8)17-12(16-9)10-5-1-2-7-15-10/h1-7H,14H2,(H,16,17)(H,18,19). The first-order valence-electron chi connectivity index (χ1n) is 5.70. The van der Waals surface area contributed by atoms with E-state index < -0.39 is 0 Å². The van der Waals surface area contributed by atoms with E-state index >= 15 is 0 Å². The topological polar surface area (TPSA) is 96.7 Å². The summed E-state index contributed by atoms with van der Waals surface area (Å²) in [6.45, 7) is 0. The zero-order chi connectivity index (χ0) is 13.2. The van der Waals surface area contributed by atoms with E-state index in [4.69, 9.17) is 5.84 Å². The van der Waals surface area contributed by atoms with E-state index in [2.05, 4.69) is 20.4 Å². The van der Waals surface area contributed by atoms with Crippen molar-refractivity contribution in [2.45, 2.75) is 0 Å². The molecule has 3 aromatic rings. The van der Waals surface area contributed by atoms with Crippen molar-refractivity contribution >= 4 is 16.9 Å². The molecule has 94 valence electrons. The molecule has 0 radical (unpaired) electrons. The largest absolute Gasteiger partial charge is 0.337 e. The summed E-state index contributed by atoms with van der Waals surface area (Å²) in [6, 6.07) is 10.9. The van der Waals surface area contributed by atoms with Crippen molar-refractivity contribution in [1.82, 2.24) is 20.4 Å². The van der Waals surface area contributed by atoms with Gasteiger partial charge in [0.2, 0.25) is 0 Å². The molecule has 6 nitrogen and oxygen atoms in total. The number of hydrazine groups is 1. The van der Waals surface area contributed by atoms with Crippen LogP contribution >= 0.6 is 0 Å². The Morgan fingerprint density at radius 1 is 1.21 bits per heavy atom. The smallest absolute Gasteiger partial charge is 0.267 e. The van der Waals surface area contributed by atoms with Gasteiger partial charge in [-0.1, -0.05) is 12.1 Å². The van der Waals surface area contributed by atoms with Crippen LogP contribution in [0.1, 0.15) is 10.4 Å². The van der Waals surface area contributed by atoms with E-state index in [1.807, 2.05) is 24.3 Å². The van der Waals surface area contributed by atoms with Crippen LogP contribution in [-0.4, -0.2) is 20.9 Å². The average molecular weight is 253 g/mol. The van der Waals surface area contributed by atoms with Crippen molar-refractivity contribution in [3.05, 3.63) is 48.2 Å². The van der Waals surface area contributed by atoms with E-state index in [9.17, 15) is 4.79 Å². The number of aromatic amines is 1. The number of hydrogen-bond donors (Lipinski definition) is 3. The molecule has 3 rings (SSSR count). The number of imidazole rings is 1. The minimum Gasteiger partial charge on any atom is -0.337 e. The molecule has 0 saturated carbocycles. The van der Waals surface area contributed by atoms with Gasteiger partial charge in [0, 0.05) is 6.20 Å². The van der Waals surface area contributed by atoms with Gasteiger partial charge in [-0.15, -0.1) is 0 Å². The van der Waals surface area contributed by atoms with Crippen LogP contribution < -0.4 is 11.3 Å². The lowest BCUT2D eigenvalue weighted by Crippen LogP contribution is -2.30. The highest BCUT2D eigenvalue weighted by Gasteiger charge is 2.13. The minimum absolute atomic E-state index is 0.371. The number of nitrogens with two attached hydrogens (primary N) is 1. The average Bonchev–Trinajstić information content (AvgIpc) is 2.91. The van der Waals surface area contributed by atoms with Gasteiger partial charge in [0.15, 0.2) is 5.82 Å². The molecule has 0 fully saturated rings. The number of H-pyrrole nitrogens is 1. The zero-order valence-corrected chi connectivity index (χ0v) is 9.92. The predicted octanol–water partition coefficient (Wildman–Crippen LogP) is 1.23. The molecule has 2 heterocycles. The van der Waals surface area contributed by atoms with Gasteiger partial charge in [0.1, 0.15) is 11.2 Å². The lowest BCUT2D eigenvalue weighted by molar-refractivity contribution is 0.0955. The maximum atomic E-state index is 11.7. The third-order valence-electron chi connectivity index (χ3n) is 2.80. The highest BCUT2D eigenvalue weighted by atomic mass is 16.2. The van der Waals surface area contributed by atoms with E-state index in [-0.39, 0.29) is 5.91 Å². The SMILES string of the molecule is NNC(=O)c1cccc2[nH]c(-c3ccccn3)nc12. The molecule has 1 amide bonds. The number of amides is 1. The first kappa shape index (κ1) is 11.4. The summed E-state index contributed by atoms with van der Waals surface area (Å²) in [5, 5.41) is 0. The van der Waals surface area contributed by atoms with E-state index in [0.29, 0.717) is 16.9 Å². The third-order valence-corrected chi connectivity index (χ3v) is 2.80. The van der Waals surface area contributed by atoms with Crippen molar-refractivity contribution in [1.29, 1.82) is 0 Å². The molecule has 0 spiro atoms. The lowest BCUT2D eigenvalue weighted by Gasteiger charge is -1.99. The summed E-state index contributed by atoms with van der Waals surface area (Å²) < 4.78 is 0. The zero-order valence-electron chi connectivity index (χ0n) is 9.92. The van der Waals surface area contributed by atoms with Crippen molar-refractivity contribution < 1.29 is 4.79 Å². The predicted molar refractivity (Wildman–Crippen MR) is 71.0 cm³/mol. The molecule has 0 aliphatic heterocycles. The van der Waals surface area contributed by atoms with E-state index in [0.717, 1.165) is 11.2 Å². The molecule has 0 saturated heterocycles. The van der Waals surface area contributed by atoms with E-state index in [1.54, 1.807) is 18.3 Å². The summed E-state index contributed by atoms with van der Waals surface area (Å²) in [7, 11) is 0. The van der Waals surface area contributed by atoms with Crippen molar-refractivity contribution in [2.24, 2.45) is 5.84 Å². The number of para-hydroxylation sites is 1. The van der Waals surface area contributed by atoms with Crippen LogP contribution in [-0.2, 0) is 0 Å². The first-order valence-corrected chi connectivity index (χ1v) is 5.70. The number of nitrogen functional groups attached to an aromatic ring is 1. The maximum absolute atomic E-state index is 11.7. The quantitative estimate of drug-likeness (QED) is 0.363. The lowest BCUT2D eigenvalue weighted by atomic mass is 10.2. The minimum atomic E-state index is -0.371.